The molecule has 4 nitrogen and oxygen atoms in total. The molecule has 0 aliphatic rings. The lowest BCUT2D eigenvalue weighted by molar-refractivity contribution is -0.150. The lowest BCUT2D eigenvalue weighted by atomic mass is 10.0. The second-order valence-electron chi connectivity index (χ2n) is 11.4. The van der Waals surface area contributed by atoms with Crippen LogP contribution in [0.1, 0.15) is 194 Å². The normalized spacial score (nSPS) is 12.1. The van der Waals surface area contributed by atoms with E-state index >= 15 is 0 Å². The van der Waals surface area contributed by atoms with Gasteiger partial charge in [-0.25, -0.2) is 0 Å². The van der Waals surface area contributed by atoms with E-state index in [-0.39, 0.29) is 12.1 Å². The number of carbonyl (C=O) groups excluding carboxylic acids is 1. The minimum atomic E-state index is -0.675. The summed E-state index contributed by atoms with van der Waals surface area (Å²) in [6, 6.07) is 0. The van der Waals surface area contributed by atoms with E-state index in [4.69, 9.17) is 9.84 Å². The fraction of sp³-hybridized carbons (Fsp3) is 0.939. The summed E-state index contributed by atoms with van der Waals surface area (Å²) in [5.41, 5.74) is 0. The Bertz CT molecular complexity index is 491. The standard InChI is InChI=1S/C33H64O4/c1-3-5-7-8-9-10-11-12-17-20-23-26-30-33(36)37-31(27-6-4-2)28-24-21-18-15-13-14-16-19-22-25-29-32(34)35/h31H,3-30H2,1-2H3,(H,34,35). The zero-order valence-corrected chi connectivity index (χ0v) is 25.0. The van der Waals surface area contributed by atoms with E-state index in [2.05, 4.69) is 13.8 Å². The summed E-state index contributed by atoms with van der Waals surface area (Å²) in [6.07, 6.45) is 32.9. The average molecular weight is 525 g/mol. The number of unbranched alkanes of at least 4 members (excludes halogenated alkanes) is 21. The Morgan fingerprint density at radius 2 is 0.838 bits per heavy atom. The van der Waals surface area contributed by atoms with Crippen LogP contribution in [-0.4, -0.2) is 23.1 Å². The zero-order chi connectivity index (χ0) is 27.2. The first kappa shape index (κ1) is 35.9. The molecule has 0 aromatic rings. The molecular weight excluding hydrogens is 460 g/mol. The van der Waals surface area contributed by atoms with Crippen LogP contribution in [0.15, 0.2) is 0 Å². The topological polar surface area (TPSA) is 63.6 Å². The molecule has 37 heavy (non-hydrogen) atoms. The monoisotopic (exact) mass is 524 g/mol. The van der Waals surface area contributed by atoms with Crippen molar-refractivity contribution in [2.24, 2.45) is 0 Å². The molecule has 0 aliphatic heterocycles. The maximum atomic E-state index is 12.4. The molecule has 0 aromatic heterocycles. The number of rotatable bonds is 30. The van der Waals surface area contributed by atoms with Gasteiger partial charge in [0.25, 0.3) is 0 Å². The van der Waals surface area contributed by atoms with E-state index in [9.17, 15) is 9.59 Å². The number of hydrogen-bond donors (Lipinski definition) is 1. The molecule has 0 fully saturated rings. The molecule has 0 saturated heterocycles. The van der Waals surface area contributed by atoms with Gasteiger partial charge in [0, 0.05) is 12.8 Å². The first-order valence-corrected chi connectivity index (χ1v) is 16.5. The molecule has 4 heteroatoms. The summed E-state index contributed by atoms with van der Waals surface area (Å²) >= 11 is 0. The summed E-state index contributed by atoms with van der Waals surface area (Å²) in [5, 5.41) is 8.65. The van der Waals surface area contributed by atoms with Crippen molar-refractivity contribution in [1.29, 1.82) is 0 Å². The van der Waals surface area contributed by atoms with Crippen molar-refractivity contribution in [1.82, 2.24) is 0 Å². The van der Waals surface area contributed by atoms with Gasteiger partial charge in [-0.1, -0.05) is 149 Å². The number of esters is 1. The van der Waals surface area contributed by atoms with Crippen molar-refractivity contribution in [3.05, 3.63) is 0 Å². The Kier molecular flexibility index (Phi) is 28.7. The Labute approximate surface area is 231 Å². The van der Waals surface area contributed by atoms with Gasteiger partial charge in [0.1, 0.15) is 6.10 Å². The maximum absolute atomic E-state index is 12.4. The molecule has 1 atom stereocenters. The third-order valence-electron chi connectivity index (χ3n) is 7.58. The van der Waals surface area contributed by atoms with Crippen LogP contribution >= 0.6 is 0 Å². The van der Waals surface area contributed by atoms with Crippen molar-refractivity contribution in [2.45, 2.75) is 200 Å². The highest BCUT2D eigenvalue weighted by atomic mass is 16.5. The minimum Gasteiger partial charge on any atom is -0.481 e. The maximum Gasteiger partial charge on any atom is 0.306 e. The van der Waals surface area contributed by atoms with E-state index < -0.39 is 5.97 Å². The SMILES string of the molecule is CCCCCCCCCCCCCCC(=O)OC(CCCC)CCCCCCCCCCCCC(=O)O. The largest absolute Gasteiger partial charge is 0.481 e. The van der Waals surface area contributed by atoms with Crippen molar-refractivity contribution >= 4 is 11.9 Å². The number of carboxylic acids is 1. The number of carboxylic acid groups (broad SMARTS) is 1. The van der Waals surface area contributed by atoms with E-state index in [1.165, 1.54) is 103 Å². The summed E-state index contributed by atoms with van der Waals surface area (Å²) in [6.45, 7) is 4.48. The fourth-order valence-corrected chi connectivity index (χ4v) is 5.11. The second kappa shape index (κ2) is 29.5. The van der Waals surface area contributed by atoms with Crippen LogP contribution in [-0.2, 0) is 14.3 Å². The molecule has 1 unspecified atom stereocenters. The molecular formula is C33H64O4. The summed E-state index contributed by atoms with van der Waals surface area (Å²) < 4.78 is 5.88. The van der Waals surface area contributed by atoms with Gasteiger partial charge >= 0.3 is 11.9 Å². The van der Waals surface area contributed by atoms with Crippen LogP contribution < -0.4 is 0 Å². The van der Waals surface area contributed by atoms with Gasteiger partial charge in [-0.15, -0.1) is 0 Å². The Hall–Kier alpha value is -1.06. The number of carbonyl (C=O) groups is 2. The van der Waals surface area contributed by atoms with Crippen molar-refractivity contribution in [3.8, 4) is 0 Å². The molecule has 0 radical (unpaired) electrons. The molecule has 0 heterocycles. The van der Waals surface area contributed by atoms with Gasteiger partial charge in [0.05, 0.1) is 0 Å². The van der Waals surface area contributed by atoms with E-state index in [0.29, 0.717) is 12.8 Å². The van der Waals surface area contributed by atoms with E-state index in [1.807, 2.05) is 0 Å². The summed E-state index contributed by atoms with van der Waals surface area (Å²) in [7, 11) is 0. The number of ether oxygens (including phenoxy) is 1. The fourth-order valence-electron chi connectivity index (χ4n) is 5.11. The van der Waals surface area contributed by atoms with E-state index in [1.54, 1.807) is 0 Å². The van der Waals surface area contributed by atoms with Gasteiger partial charge in [-0.05, 0) is 32.1 Å². The minimum absolute atomic E-state index is 0.0246. The van der Waals surface area contributed by atoms with E-state index in [0.717, 1.165) is 64.2 Å². The highest BCUT2D eigenvalue weighted by Gasteiger charge is 2.13. The first-order valence-electron chi connectivity index (χ1n) is 16.5. The zero-order valence-electron chi connectivity index (χ0n) is 25.0. The summed E-state index contributed by atoms with van der Waals surface area (Å²) in [5.74, 6) is -0.650. The van der Waals surface area contributed by atoms with Crippen LogP contribution in [0, 0.1) is 0 Å². The molecule has 0 bridgehead atoms. The lowest BCUT2D eigenvalue weighted by Gasteiger charge is -2.18. The Balaban J connectivity index is 3.65. The van der Waals surface area contributed by atoms with Gasteiger partial charge in [0.2, 0.25) is 0 Å². The second-order valence-corrected chi connectivity index (χ2v) is 11.4. The van der Waals surface area contributed by atoms with Gasteiger partial charge in [-0.2, -0.15) is 0 Å². The third-order valence-corrected chi connectivity index (χ3v) is 7.58. The summed E-state index contributed by atoms with van der Waals surface area (Å²) in [4.78, 5) is 22.9. The molecule has 0 spiro atoms. The van der Waals surface area contributed by atoms with Gasteiger partial charge in [0.15, 0.2) is 0 Å². The van der Waals surface area contributed by atoms with Gasteiger partial charge in [-0.3, -0.25) is 9.59 Å². The first-order chi connectivity index (χ1) is 18.1. The molecule has 0 rings (SSSR count). The van der Waals surface area contributed by atoms with Crippen LogP contribution in [0.25, 0.3) is 0 Å². The quantitative estimate of drug-likeness (QED) is 0.0749. The predicted molar refractivity (Wildman–Crippen MR) is 158 cm³/mol. The molecule has 0 amide bonds. The van der Waals surface area contributed by atoms with Crippen molar-refractivity contribution < 1.29 is 19.4 Å². The van der Waals surface area contributed by atoms with Crippen LogP contribution in [0.3, 0.4) is 0 Å². The Morgan fingerprint density at radius 1 is 0.486 bits per heavy atom. The predicted octanol–water partition coefficient (Wildman–Crippen LogP) is 10.9. The molecule has 0 aliphatic carbocycles. The van der Waals surface area contributed by atoms with Crippen molar-refractivity contribution in [2.75, 3.05) is 0 Å². The van der Waals surface area contributed by atoms with Crippen LogP contribution in [0.5, 0.6) is 0 Å². The molecule has 0 saturated carbocycles. The Morgan fingerprint density at radius 3 is 1.27 bits per heavy atom. The van der Waals surface area contributed by atoms with Crippen molar-refractivity contribution in [3.63, 3.8) is 0 Å². The lowest BCUT2D eigenvalue weighted by Crippen LogP contribution is -2.18. The highest BCUT2D eigenvalue weighted by molar-refractivity contribution is 5.69. The molecule has 220 valence electrons. The molecule has 0 aromatic carbocycles. The average Bonchev–Trinajstić information content (AvgIpc) is 2.88. The number of hydrogen-bond acceptors (Lipinski definition) is 3. The molecule has 1 N–H and O–H groups in total. The smallest absolute Gasteiger partial charge is 0.306 e. The van der Waals surface area contributed by atoms with Crippen LogP contribution in [0.4, 0.5) is 0 Å². The number of aliphatic carboxylic acids is 1. The van der Waals surface area contributed by atoms with Crippen LogP contribution in [0.2, 0.25) is 0 Å². The third kappa shape index (κ3) is 29.4. The van der Waals surface area contributed by atoms with Gasteiger partial charge < -0.3 is 9.84 Å². The highest BCUT2D eigenvalue weighted by Crippen LogP contribution is 2.18.